The van der Waals surface area contributed by atoms with E-state index < -0.39 is 45.8 Å². The first-order chi connectivity index (χ1) is 14.5. The van der Waals surface area contributed by atoms with Crippen LogP contribution in [0.2, 0.25) is 0 Å². The van der Waals surface area contributed by atoms with Crippen molar-refractivity contribution in [2.75, 3.05) is 27.9 Å². The number of fused-ring (bicyclic) bond motifs is 1. The normalized spacial score (nSPS) is 26.6. The molecule has 0 radical (unpaired) electrons. The first kappa shape index (κ1) is 23.4. The number of hydrogen-bond acceptors (Lipinski definition) is 7. The van der Waals surface area contributed by atoms with E-state index in [4.69, 9.17) is 14.2 Å². The average molecular weight is 454 g/mol. The van der Waals surface area contributed by atoms with Gasteiger partial charge >= 0.3 is 5.97 Å². The Bertz CT molecular complexity index is 1030. The van der Waals surface area contributed by atoms with E-state index in [9.17, 15) is 23.1 Å². The largest absolute Gasteiger partial charge is 0.481 e. The van der Waals surface area contributed by atoms with Crippen LogP contribution < -0.4 is 0 Å². The Hall–Kier alpha value is -2.27. The number of nitrogens with zero attached hydrogens (tertiary/aromatic N) is 1. The van der Waals surface area contributed by atoms with Gasteiger partial charge in [-0.05, 0) is 24.1 Å². The number of carbonyl (C=O) groups is 2. The van der Waals surface area contributed by atoms with Crippen molar-refractivity contribution in [1.29, 1.82) is 0 Å². The molecule has 0 spiro atoms. The van der Waals surface area contributed by atoms with Crippen LogP contribution in [0.3, 0.4) is 0 Å². The molecule has 0 bridgehead atoms. The first-order valence-corrected chi connectivity index (χ1v) is 11.2. The SMILES string of the molecule is COC1(CN2C(=O)c3ccccc3S2(=O)=O)CC(C(C)C)=CC(OC)(OC)C1C(=O)O. The summed E-state index contributed by atoms with van der Waals surface area (Å²) in [6.45, 7) is 3.32. The van der Waals surface area contributed by atoms with Crippen molar-refractivity contribution >= 4 is 21.9 Å². The van der Waals surface area contributed by atoms with E-state index in [-0.39, 0.29) is 22.8 Å². The monoisotopic (exact) mass is 453 g/mol. The van der Waals surface area contributed by atoms with Gasteiger partial charge in [-0.25, -0.2) is 12.7 Å². The van der Waals surface area contributed by atoms with E-state index >= 15 is 0 Å². The fourth-order valence-electron chi connectivity index (χ4n) is 4.44. The molecule has 1 amide bonds. The third-order valence-corrected chi connectivity index (χ3v) is 7.96. The van der Waals surface area contributed by atoms with Crippen molar-refractivity contribution in [2.24, 2.45) is 11.8 Å². The van der Waals surface area contributed by atoms with Gasteiger partial charge in [0.1, 0.15) is 16.4 Å². The number of methoxy groups -OCH3 is 3. The Morgan fingerprint density at radius 3 is 2.29 bits per heavy atom. The molecule has 1 aromatic carbocycles. The quantitative estimate of drug-likeness (QED) is 0.491. The highest BCUT2D eigenvalue weighted by Gasteiger charge is 2.61. The molecule has 1 N–H and O–H groups in total. The maximum Gasteiger partial charge on any atom is 0.315 e. The van der Waals surface area contributed by atoms with Crippen molar-refractivity contribution in [1.82, 2.24) is 4.31 Å². The van der Waals surface area contributed by atoms with Crippen LogP contribution in [0.1, 0.15) is 30.6 Å². The third-order valence-electron chi connectivity index (χ3n) is 6.17. The molecule has 2 unspecified atom stereocenters. The molecule has 1 aliphatic carbocycles. The maximum atomic E-state index is 13.1. The second-order valence-electron chi connectivity index (χ2n) is 8.03. The second-order valence-corrected chi connectivity index (χ2v) is 9.86. The molecule has 0 saturated heterocycles. The van der Waals surface area contributed by atoms with Crippen LogP contribution in [0.5, 0.6) is 0 Å². The first-order valence-electron chi connectivity index (χ1n) is 9.75. The number of carbonyl (C=O) groups excluding carboxylic acids is 1. The van der Waals surface area contributed by atoms with E-state index in [0.717, 1.165) is 5.57 Å². The van der Waals surface area contributed by atoms with Crippen LogP contribution in [0.4, 0.5) is 0 Å². The van der Waals surface area contributed by atoms with Gasteiger partial charge in [0.2, 0.25) is 5.79 Å². The smallest absolute Gasteiger partial charge is 0.315 e. The predicted molar refractivity (Wildman–Crippen MR) is 110 cm³/mol. The topological polar surface area (TPSA) is 119 Å². The number of ether oxygens (including phenoxy) is 3. The zero-order valence-electron chi connectivity index (χ0n) is 18.1. The van der Waals surface area contributed by atoms with Crippen LogP contribution >= 0.6 is 0 Å². The number of benzene rings is 1. The summed E-state index contributed by atoms with van der Waals surface area (Å²) in [6.07, 6.45) is 1.70. The molecule has 0 fully saturated rings. The van der Waals surface area contributed by atoms with Crippen molar-refractivity contribution in [3.8, 4) is 0 Å². The van der Waals surface area contributed by atoms with Crippen LogP contribution in [0.15, 0.2) is 40.8 Å². The fourth-order valence-corrected chi connectivity index (χ4v) is 6.07. The average Bonchev–Trinajstić information content (AvgIpc) is 2.93. The number of amides is 1. The minimum Gasteiger partial charge on any atom is -0.481 e. The van der Waals surface area contributed by atoms with Gasteiger partial charge in [-0.15, -0.1) is 0 Å². The molecule has 0 saturated carbocycles. The van der Waals surface area contributed by atoms with Gasteiger partial charge in [0.25, 0.3) is 15.9 Å². The second kappa shape index (κ2) is 8.01. The molecule has 3 rings (SSSR count). The van der Waals surface area contributed by atoms with Gasteiger partial charge in [0, 0.05) is 27.8 Å². The van der Waals surface area contributed by atoms with Gasteiger partial charge in [-0.3, -0.25) is 9.59 Å². The number of carboxylic acids is 1. The van der Waals surface area contributed by atoms with E-state index in [0.29, 0.717) is 4.31 Å². The number of sulfonamides is 1. The highest BCUT2D eigenvalue weighted by Crippen LogP contribution is 2.47. The molecule has 31 heavy (non-hydrogen) atoms. The van der Waals surface area contributed by atoms with Crippen molar-refractivity contribution in [3.63, 3.8) is 0 Å². The van der Waals surface area contributed by atoms with Gasteiger partial charge in [0.15, 0.2) is 0 Å². The van der Waals surface area contributed by atoms with E-state index in [1.807, 2.05) is 13.8 Å². The summed E-state index contributed by atoms with van der Waals surface area (Å²) >= 11 is 0. The fraction of sp³-hybridized carbons (Fsp3) is 0.524. The zero-order chi connectivity index (χ0) is 23.2. The minimum absolute atomic E-state index is 0.0305. The molecule has 170 valence electrons. The predicted octanol–water partition coefficient (Wildman–Crippen LogP) is 1.89. The van der Waals surface area contributed by atoms with E-state index in [1.54, 1.807) is 12.1 Å². The van der Waals surface area contributed by atoms with Crippen LogP contribution in [0.25, 0.3) is 0 Å². The third kappa shape index (κ3) is 3.47. The van der Waals surface area contributed by atoms with E-state index in [1.165, 1.54) is 39.5 Å². The van der Waals surface area contributed by atoms with Gasteiger partial charge in [-0.1, -0.05) is 31.6 Å². The Morgan fingerprint density at radius 2 is 1.81 bits per heavy atom. The summed E-state index contributed by atoms with van der Waals surface area (Å²) in [4.78, 5) is 25.3. The Labute approximate surface area is 181 Å². The summed E-state index contributed by atoms with van der Waals surface area (Å²) in [5.41, 5.74) is -0.817. The molecular formula is C21H27NO8S. The molecule has 9 nitrogen and oxygen atoms in total. The van der Waals surface area contributed by atoms with Crippen LogP contribution in [-0.4, -0.2) is 69.0 Å². The molecule has 1 aliphatic heterocycles. The highest BCUT2D eigenvalue weighted by molar-refractivity contribution is 7.90. The lowest BCUT2D eigenvalue weighted by atomic mass is 9.69. The van der Waals surface area contributed by atoms with Gasteiger partial charge in [0.05, 0.1) is 12.1 Å². The number of hydrogen-bond donors (Lipinski definition) is 1. The van der Waals surface area contributed by atoms with Crippen LogP contribution in [-0.2, 0) is 29.0 Å². The summed E-state index contributed by atoms with van der Waals surface area (Å²) in [5.74, 6) is -5.21. The highest BCUT2D eigenvalue weighted by atomic mass is 32.2. The Morgan fingerprint density at radius 1 is 1.19 bits per heavy atom. The van der Waals surface area contributed by atoms with Gasteiger partial charge in [-0.2, -0.15) is 0 Å². The Balaban J connectivity index is 2.18. The molecule has 0 aromatic heterocycles. The lowest BCUT2D eigenvalue weighted by Crippen LogP contribution is -2.64. The molecule has 1 aromatic rings. The van der Waals surface area contributed by atoms with Crippen molar-refractivity contribution in [2.45, 2.75) is 36.6 Å². The lowest BCUT2D eigenvalue weighted by Gasteiger charge is -2.50. The molecule has 2 aliphatic rings. The molecule has 2 atom stereocenters. The maximum absolute atomic E-state index is 13.1. The minimum atomic E-state index is -4.17. The molecule has 10 heteroatoms. The number of carboxylic acid groups (broad SMARTS) is 1. The standard InChI is InChI=1S/C21H27NO8S/c1-13(2)14-10-20(28-3,17(19(24)25)21(11-14,29-4)30-5)12-22-18(23)15-8-6-7-9-16(15)31(22,26)27/h6-9,11,13,17H,10,12H2,1-5H3,(H,24,25). The number of rotatable bonds is 7. The lowest BCUT2D eigenvalue weighted by molar-refractivity contribution is -0.256. The summed E-state index contributed by atoms with van der Waals surface area (Å²) < 4.78 is 43.8. The van der Waals surface area contributed by atoms with Crippen molar-refractivity contribution < 1.29 is 37.3 Å². The molecular weight excluding hydrogens is 426 g/mol. The summed E-state index contributed by atoms with van der Waals surface area (Å²) in [6, 6.07) is 5.88. The van der Waals surface area contributed by atoms with Gasteiger partial charge < -0.3 is 19.3 Å². The Kier molecular flexibility index (Phi) is 6.05. The number of aliphatic carboxylic acids is 1. The molecule has 1 heterocycles. The van der Waals surface area contributed by atoms with Crippen molar-refractivity contribution in [3.05, 3.63) is 41.5 Å². The summed E-state index contributed by atoms with van der Waals surface area (Å²) in [5, 5.41) is 10.1. The summed E-state index contributed by atoms with van der Waals surface area (Å²) in [7, 11) is -0.244. The van der Waals surface area contributed by atoms with E-state index in [2.05, 4.69) is 0 Å². The zero-order valence-corrected chi connectivity index (χ0v) is 18.9. The van der Waals surface area contributed by atoms with Crippen LogP contribution in [0, 0.1) is 11.8 Å².